The average molecular weight is 431 g/mol. The molecule has 4 rings (SSSR count). The van der Waals surface area contributed by atoms with Crippen molar-refractivity contribution in [3.05, 3.63) is 94.5 Å². The second-order valence-electron chi connectivity index (χ2n) is 6.14. The Balaban J connectivity index is 1.60. The van der Waals surface area contributed by atoms with E-state index in [1.807, 2.05) is 0 Å². The Bertz CT molecular complexity index is 1250. The largest absolute Gasteiger partial charge is 0.452 e. The van der Waals surface area contributed by atoms with Crippen molar-refractivity contribution in [2.75, 3.05) is 0 Å². The maximum absolute atomic E-state index is 13.3. The number of carbonyl (C=O) groups excluding carboxylic acids is 1. The normalized spacial score (nSPS) is 14.6. The monoisotopic (exact) mass is 430 g/mol. The maximum atomic E-state index is 13.3. The van der Waals surface area contributed by atoms with Gasteiger partial charge in [-0.3, -0.25) is 4.79 Å². The Labute approximate surface area is 171 Å². The Hall–Kier alpha value is -3.16. The molecule has 0 saturated heterocycles. The molecule has 0 atom stereocenters. The number of ether oxygens (including phenoxy) is 1. The Morgan fingerprint density at radius 2 is 1.76 bits per heavy atom. The summed E-state index contributed by atoms with van der Waals surface area (Å²) in [4.78, 5) is 12.4. The van der Waals surface area contributed by atoms with Crippen LogP contribution in [-0.4, -0.2) is 14.2 Å². The molecule has 1 aliphatic rings. The SMILES string of the molecule is O=C1/C(=C/c2cccc(F)c2)Oc2cc(OS(=O)(=O)c3ccc(Cl)cc3)ccc21. The Morgan fingerprint density at radius 3 is 2.48 bits per heavy atom. The number of halogens is 2. The topological polar surface area (TPSA) is 69.7 Å². The third-order valence-electron chi connectivity index (χ3n) is 4.10. The van der Waals surface area contributed by atoms with Gasteiger partial charge < -0.3 is 8.92 Å². The molecule has 3 aromatic rings. The fourth-order valence-electron chi connectivity index (χ4n) is 2.74. The third kappa shape index (κ3) is 4.01. The molecule has 1 aliphatic heterocycles. The smallest absolute Gasteiger partial charge is 0.339 e. The zero-order valence-electron chi connectivity index (χ0n) is 14.6. The lowest BCUT2D eigenvalue weighted by Crippen LogP contribution is -2.09. The minimum atomic E-state index is -4.08. The fraction of sp³-hybridized carbons (Fsp3) is 0. The number of carbonyl (C=O) groups is 1. The Morgan fingerprint density at radius 1 is 1.00 bits per heavy atom. The number of allylic oxidation sites excluding steroid dienone is 1. The van der Waals surface area contributed by atoms with Gasteiger partial charge in [-0.2, -0.15) is 8.42 Å². The van der Waals surface area contributed by atoms with Gasteiger partial charge in [-0.15, -0.1) is 0 Å². The lowest BCUT2D eigenvalue weighted by Gasteiger charge is -2.08. The van der Waals surface area contributed by atoms with E-state index in [9.17, 15) is 17.6 Å². The van der Waals surface area contributed by atoms with Crippen LogP contribution >= 0.6 is 11.6 Å². The van der Waals surface area contributed by atoms with Crippen molar-refractivity contribution in [1.82, 2.24) is 0 Å². The average Bonchev–Trinajstić information content (AvgIpc) is 2.97. The summed E-state index contributed by atoms with van der Waals surface area (Å²) in [5.74, 6) is -0.690. The summed E-state index contributed by atoms with van der Waals surface area (Å²) >= 11 is 5.77. The number of ketones is 1. The van der Waals surface area contributed by atoms with E-state index in [0.717, 1.165) is 0 Å². The van der Waals surface area contributed by atoms with Crippen molar-refractivity contribution in [2.45, 2.75) is 4.90 Å². The predicted octanol–water partition coefficient (Wildman–Crippen LogP) is 4.86. The molecule has 8 heteroatoms. The van der Waals surface area contributed by atoms with E-state index in [1.165, 1.54) is 66.7 Å². The standard InChI is InChI=1S/C21H12ClFO5S/c22-14-4-7-17(8-5-14)29(25,26)28-16-6-9-18-19(12-16)27-20(21(18)24)11-13-2-1-3-15(23)10-13/h1-12H/b20-11-. The van der Waals surface area contributed by atoms with Gasteiger partial charge in [0, 0.05) is 11.1 Å². The molecule has 5 nitrogen and oxygen atoms in total. The molecule has 3 aromatic carbocycles. The van der Waals surface area contributed by atoms with E-state index in [2.05, 4.69) is 0 Å². The quantitative estimate of drug-likeness (QED) is 0.436. The van der Waals surface area contributed by atoms with Gasteiger partial charge in [0.1, 0.15) is 22.2 Å². The van der Waals surface area contributed by atoms with Gasteiger partial charge in [-0.25, -0.2) is 4.39 Å². The molecule has 29 heavy (non-hydrogen) atoms. The molecule has 0 bridgehead atoms. The number of hydrogen-bond donors (Lipinski definition) is 0. The van der Waals surface area contributed by atoms with Gasteiger partial charge in [-0.1, -0.05) is 23.7 Å². The van der Waals surface area contributed by atoms with Crippen molar-refractivity contribution in [3.63, 3.8) is 0 Å². The zero-order chi connectivity index (χ0) is 20.6. The van der Waals surface area contributed by atoms with Gasteiger partial charge in [0.15, 0.2) is 5.76 Å². The summed E-state index contributed by atoms with van der Waals surface area (Å²) in [5, 5.41) is 0.394. The van der Waals surface area contributed by atoms with Crippen LogP contribution in [0.4, 0.5) is 4.39 Å². The van der Waals surface area contributed by atoms with Gasteiger partial charge in [0.2, 0.25) is 5.78 Å². The van der Waals surface area contributed by atoms with Crippen molar-refractivity contribution in [1.29, 1.82) is 0 Å². The molecule has 0 saturated carbocycles. The molecular formula is C21H12ClFO5S. The van der Waals surface area contributed by atoms with Crippen molar-refractivity contribution < 1.29 is 26.5 Å². The first-order chi connectivity index (χ1) is 13.8. The molecule has 0 spiro atoms. The Kier molecular flexibility index (Phi) is 4.86. The van der Waals surface area contributed by atoms with Crippen LogP contribution in [0.1, 0.15) is 15.9 Å². The number of Topliss-reactive ketones (excluding diaryl/α,β-unsaturated/α-hetero) is 1. The first-order valence-electron chi connectivity index (χ1n) is 8.36. The molecular weight excluding hydrogens is 419 g/mol. The molecule has 0 amide bonds. The highest BCUT2D eigenvalue weighted by atomic mass is 35.5. The van der Waals surface area contributed by atoms with Crippen LogP contribution in [0.5, 0.6) is 11.5 Å². The van der Waals surface area contributed by atoms with Gasteiger partial charge in [0.05, 0.1) is 5.56 Å². The first kappa shape index (κ1) is 19.2. The number of rotatable bonds is 4. The molecule has 0 unspecified atom stereocenters. The highest BCUT2D eigenvalue weighted by Gasteiger charge is 2.28. The van der Waals surface area contributed by atoms with Crippen LogP contribution in [0, 0.1) is 5.82 Å². The van der Waals surface area contributed by atoms with E-state index in [-0.39, 0.29) is 27.7 Å². The molecule has 0 N–H and O–H groups in total. The summed E-state index contributed by atoms with van der Waals surface area (Å²) in [6.45, 7) is 0. The van der Waals surface area contributed by atoms with Gasteiger partial charge in [0.25, 0.3) is 0 Å². The highest BCUT2D eigenvalue weighted by Crippen LogP contribution is 2.35. The van der Waals surface area contributed by atoms with Crippen LogP contribution < -0.4 is 8.92 Å². The number of benzene rings is 3. The van der Waals surface area contributed by atoms with Crippen molar-refractivity contribution >= 4 is 33.6 Å². The summed E-state index contributed by atoms with van der Waals surface area (Å²) in [6.07, 6.45) is 1.41. The van der Waals surface area contributed by atoms with E-state index in [1.54, 1.807) is 6.07 Å². The number of fused-ring (bicyclic) bond motifs is 1. The van der Waals surface area contributed by atoms with Gasteiger partial charge >= 0.3 is 10.1 Å². The van der Waals surface area contributed by atoms with Crippen LogP contribution in [0.15, 0.2) is 77.4 Å². The van der Waals surface area contributed by atoms with Crippen molar-refractivity contribution in [2.24, 2.45) is 0 Å². The number of hydrogen-bond acceptors (Lipinski definition) is 5. The molecule has 1 heterocycles. The first-order valence-corrected chi connectivity index (χ1v) is 10.1. The lowest BCUT2D eigenvalue weighted by atomic mass is 10.1. The molecule has 146 valence electrons. The minimum Gasteiger partial charge on any atom is -0.452 e. The fourth-order valence-corrected chi connectivity index (χ4v) is 3.79. The van der Waals surface area contributed by atoms with E-state index in [4.69, 9.17) is 20.5 Å². The predicted molar refractivity (Wildman–Crippen MR) is 105 cm³/mol. The molecule has 0 aliphatic carbocycles. The van der Waals surface area contributed by atoms with Crippen LogP contribution in [0.25, 0.3) is 6.08 Å². The zero-order valence-corrected chi connectivity index (χ0v) is 16.2. The van der Waals surface area contributed by atoms with E-state index >= 15 is 0 Å². The van der Waals surface area contributed by atoms with E-state index < -0.39 is 21.7 Å². The molecule has 0 fully saturated rings. The second kappa shape index (κ2) is 7.35. The molecule has 0 aromatic heterocycles. The summed E-state index contributed by atoms with van der Waals surface area (Å²) < 4.78 is 48.8. The highest BCUT2D eigenvalue weighted by molar-refractivity contribution is 7.87. The van der Waals surface area contributed by atoms with Crippen LogP contribution in [0.2, 0.25) is 5.02 Å². The summed E-state index contributed by atoms with van der Waals surface area (Å²) in [7, 11) is -4.08. The second-order valence-corrected chi connectivity index (χ2v) is 8.13. The van der Waals surface area contributed by atoms with Crippen LogP contribution in [-0.2, 0) is 10.1 Å². The van der Waals surface area contributed by atoms with E-state index in [0.29, 0.717) is 10.6 Å². The lowest BCUT2D eigenvalue weighted by molar-refractivity contribution is 0.101. The molecule has 0 radical (unpaired) electrons. The van der Waals surface area contributed by atoms with Gasteiger partial charge in [-0.05, 0) is 60.2 Å². The van der Waals surface area contributed by atoms with Crippen LogP contribution in [0.3, 0.4) is 0 Å². The third-order valence-corrected chi connectivity index (χ3v) is 5.61. The van der Waals surface area contributed by atoms with Crippen molar-refractivity contribution in [3.8, 4) is 11.5 Å². The minimum absolute atomic E-state index is 0.00306. The summed E-state index contributed by atoms with van der Waals surface area (Å²) in [6, 6.07) is 15.3. The maximum Gasteiger partial charge on any atom is 0.339 e. The summed E-state index contributed by atoms with van der Waals surface area (Å²) in [5.41, 5.74) is 0.715.